The van der Waals surface area contributed by atoms with E-state index in [1.807, 2.05) is 34.9 Å². The van der Waals surface area contributed by atoms with E-state index in [4.69, 9.17) is 9.84 Å². The van der Waals surface area contributed by atoms with Gasteiger partial charge in [-0.05, 0) is 18.2 Å². The van der Waals surface area contributed by atoms with E-state index in [2.05, 4.69) is 4.98 Å². The quantitative estimate of drug-likeness (QED) is 0.799. The summed E-state index contributed by atoms with van der Waals surface area (Å²) in [7, 11) is 1.64. The third kappa shape index (κ3) is 2.58. The summed E-state index contributed by atoms with van der Waals surface area (Å²) in [5, 5.41) is 9.00. The lowest BCUT2D eigenvalue weighted by molar-refractivity contribution is 0.0697. The molecule has 0 amide bonds. The van der Waals surface area contributed by atoms with Gasteiger partial charge in [0, 0.05) is 24.4 Å². The van der Waals surface area contributed by atoms with Gasteiger partial charge in [-0.2, -0.15) is 0 Å². The smallest absolute Gasteiger partial charge is 0.335 e. The van der Waals surface area contributed by atoms with E-state index in [9.17, 15) is 4.79 Å². The number of rotatable bonds is 4. The Hall–Kier alpha value is -2.82. The second kappa shape index (κ2) is 5.28. The molecule has 2 heterocycles. The van der Waals surface area contributed by atoms with E-state index < -0.39 is 5.97 Å². The zero-order valence-electron chi connectivity index (χ0n) is 11.5. The molecular weight excluding hydrogens is 268 g/mol. The summed E-state index contributed by atoms with van der Waals surface area (Å²) >= 11 is 0. The van der Waals surface area contributed by atoms with Crippen molar-refractivity contribution in [2.45, 2.75) is 6.42 Å². The lowest BCUT2D eigenvalue weighted by Crippen LogP contribution is -1.97. The molecule has 2 aromatic heterocycles. The van der Waals surface area contributed by atoms with Crippen LogP contribution in [0, 0.1) is 0 Å². The Kier molecular flexibility index (Phi) is 3.31. The SMILES string of the molecule is COc1ccccc1Cc1cn2ccc(C(=O)O)cc2n1. The molecule has 1 aromatic carbocycles. The van der Waals surface area contributed by atoms with Crippen molar-refractivity contribution < 1.29 is 14.6 Å². The van der Waals surface area contributed by atoms with Crippen molar-refractivity contribution in [2.24, 2.45) is 0 Å². The molecule has 0 aliphatic rings. The van der Waals surface area contributed by atoms with Gasteiger partial charge < -0.3 is 14.2 Å². The number of nitrogens with zero attached hydrogens (tertiary/aromatic N) is 2. The van der Waals surface area contributed by atoms with Crippen molar-refractivity contribution in [2.75, 3.05) is 7.11 Å². The first-order chi connectivity index (χ1) is 10.2. The molecule has 0 aliphatic heterocycles. The van der Waals surface area contributed by atoms with Gasteiger partial charge in [0.2, 0.25) is 0 Å². The number of para-hydroxylation sites is 1. The Labute approximate surface area is 121 Å². The predicted octanol–water partition coefficient (Wildman–Crippen LogP) is 2.63. The van der Waals surface area contributed by atoms with Crippen LogP contribution in [-0.2, 0) is 6.42 Å². The third-order valence-corrected chi connectivity index (χ3v) is 3.32. The molecule has 0 saturated carbocycles. The highest BCUT2D eigenvalue weighted by molar-refractivity contribution is 5.88. The van der Waals surface area contributed by atoms with Gasteiger partial charge in [-0.3, -0.25) is 0 Å². The van der Waals surface area contributed by atoms with Crippen LogP contribution in [0.1, 0.15) is 21.6 Å². The Morgan fingerprint density at radius 1 is 1.33 bits per heavy atom. The topological polar surface area (TPSA) is 63.8 Å². The molecule has 0 aliphatic carbocycles. The number of aromatic nitrogens is 2. The van der Waals surface area contributed by atoms with Crippen molar-refractivity contribution in [1.29, 1.82) is 0 Å². The second-order valence-corrected chi connectivity index (χ2v) is 4.71. The average Bonchev–Trinajstić information content (AvgIpc) is 2.89. The number of benzene rings is 1. The highest BCUT2D eigenvalue weighted by atomic mass is 16.5. The van der Waals surface area contributed by atoms with Crippen molar-refractivity contribution >= 4 is 11.6 Å². The molecule has 5 heteroatoms. The highest BCUT2D eigenvalue weighted by Crippen LogP contribution is 2.21. The Morgan fingerprint density at radius 3 is 2.90 bits per heavy atom. The third-order valence-electron chi connectivity index (χ3n) is 3.32. The van der Waals surface area contributed by atoms with Crippen molar-refractivity contribution in [3.8, 4) is 5.75 Å². The Bertz CT molecular complexity index is 808. The van der Waals surface area contributed by atoms with Gasteiger partial charge in [-0.1, -0.05) is 18.2 Å². The zero-order chi connectivity index (χ0) is 14.8. The molecule has 0 unspecified atom stereocenters. The number of carbonyl (C=O) groups is 1. The maximum absolute atomic E-state index is 11.0. The summed E-state index contributed by atoms with van der Waals surface area (Å²) in [5.74, 6) is -0.132. The summed E-state index contributed by atoms with van der Waals surface area (Å²) < 4.78 is 7.15. The molecule has 3 rings (SSSR count). The molecular formula is C16H14N2O3. The average molecular weight is 282 g/mol. The highest BCUT2D eigenvalue weighted by Gasteiger charge is 2.09. The molecule has 21 heavy (non-hydrogen) atoms. The van der Waals surface area contributed by atoms with Crippen molar-refractivity contribution in [3.05, 3.63) is 65.6 Å². The lowest BCUT2D eigenvalue weighted by atomic mass is 10.1. The number of imidazole rings is 1. The number of carboxylic acid groups (broad SMARTS) is 1. The minimum absolute atomic E-state index is 0.233. The maximum Gasteiger partial charge on any atom is 0.335 e. The molecule has 3 aromatic rings. The van der Waals surface area contributed by atoms with E-state index in [-0.39, 0.29) is 5.56 Å². The molecule has 5 nitrogen and oxygen atoms in total. The van der Waals surface area contributed by atoms with Crippen LogP contribution in [0.5, 0.6) is 5.75 Å². The van der Waals surface area contributed by atoms with E-state index in [1.165, 1.54) is 0 Å². The van der Waals surface area contributed by atoms with E-state index in [0.717, 1.165) is 17.0 Å². The van der Waals surface area contributed by atoms with Crippen molar-refractivity contribution in [3.63, 3.8) is 0 Å². The number of aromatic carboxylic acids is 1. The molecule has 0 bridgehead atoms. The predicted molar refractivity (Wildman–Crippen MR) is 78.0 cm³/mol. The van der Waals surface area contributed by atoms with Gasteiger partial charge in [0.1, 0.15) is 11.4 Å². The number of hydrogen-bond acceptors (Lipinski definition) is 3. The van der Waals surface area contributed by atoms with Crippen LogP contribution in [-0.4, -0.2) is 27.6 Å². The van der Waals surface area contributed by atoms with Crippen LogP contribution in [0.2, 0.25) is 0 Å². The summed E-state index contributed by atoms with van der Waals surface area (Å²) in [5.41, 5.74) is 2.76. The normalized spacial score (nSPS) is 10.7. The van der Waals surface area contributed by atoms with Crippen LogP contribution in [0.4, 0.5) is 0 Å². The first-order valence-electron chi connectivity index (χ1n) is 6.50. The van der Waals surface area contributed by atoms with E-state index >= 15 is 0 Å². The number of pyridine rings is 1. The number of hydrogen-bond donors (Lipinski definition) is 1. The Morgan fingerprint density at radius 2 is 2.14 bits per heavy atom. The van der Waals surface area contributed by atoms with Gasteiger partial charge in [-0.15, -0.1) is 0 Å². The maximum atomic E-state index is 11.0. The number of methoxy groups -OCH3 is 1. The van der Waals surface area contributed by atoms with Crippen LogP contribution in [0.15, 0.2) is 48.8 Å². The monoisotopic (exact) mass is 282 g/mol. The molecule has 0 fully saturated rings. The molecule has 0 saturated heterocycles. The van der Waals surface area contributed by atoms with Crippen molar-refractivity contribution in [1.82, 2.24) is 9.38 Å². The van der Waals surface area contributed by atoms with Gasteiger partial charge >= 0.3 is 5.97 Å². The van der Waals surface area contributed by atoms with Gasteiger partial charge in [0.25, 0.3) is 0 Å². The molecule has 0 radical (unpaired) electrons. The number of carboxylic acids is 1. The largest absolute Gasteiger partial charge is 0.496 e. The van der Waals surface area contributed by atoms with E-state index in [0.29, 0.717) is 12.1 Å². The number of fused-ring (bicyclic) bond motifs is 1. The molecule has 106 valence electrons. The fraction of sp³-hybridized carbons (Fsp3) is 0.125. The first kappa shape index (κ1) is 13.2. The fourth-order valence-electron chi connectivity index (χ4n) is 2.30. The van der Waals surface area contributed by atoms with Gasteiger partial charge in [0.05, 0.1) is 18.4 Å². The molecule has 1 N–H and O–H groups in total. The number of ether oxygens (including phenoxy) is 1. The molecule has 0 atom stereocenters. The Balaban J connectivity index is 1.96. The molecule has 0 spiro atoms. The van der Waals surface area contributed by atoms with Gasteiger partial charge in [0.15, 0.2) is 0 Å². The second-order valence-electron chi connectivity index (χ2n) is 4.71. The minimum Gasteiger partial charge on any atom is -0.496 e. The van der Waals surface area contributed by atoms with Crippen LogP contribution in [0.3, 0.4) is 0 Å². The lowest BCUT2D eigenvalue weighted by Gasteiger charge is -2.05. The van der Waals surface area contributed by atoms with Crippen LogP contribution in [0.25, 0.3) is 5.65 Å². The minimum atomic E-state index is -0.952. The summed E-state index contributed by atoms with van der Waals surface area (Å²) in [6.45, 7) is 0. The van der Waals surface area contributed by atoms with E-state index in [1.54, 1.807) is 25.4 Å². The fourth-order valence-corrected chi connectivity index (χ4v) is 2.30. The standard InChI is InChI=1S/C16H14N2O3/c1-21-14-5-3-2-4-11(14)8-13-10-18-7-6-12(16(19)20)9-15(18)17-13/h2-7,9-10H,8H2,1H3,(H,19,20). The summed E-state index contributed by atoms with van der Waals surface area (Å²) in [6.07, 6.45) is 4.24. The zero-order valence-corrected chi connectivity index (χ0v) is 11.5. The van der Waals surface area contributed by atoms with Gasteiger partial charge in [-0.25, -0.2) is 9.78 Å². The summed E-state index contributed by atoms with van der Waals surface area (Å²) in [6, 6.07) is 10.9. The first-order valence-corrected chi connectivity index (χ1v) is 6.50. The summed E-state index contributed by atoms with van der Waals surface area (Å²) in [4.78, 5) is 15.4. The van der Waals surface area contributed by atoms with Crippen LogP contribution < -0.4 is 4.74 Å². The van der Waals surface area contributed by atoms with Crippen LogP contribution >= 0.6 is 0 Å².